The van der Waals surface area contributed by atoms with Gasteiger partial charge in [0.2, 0.25) is 0 Å². The highest BCUT2D eigenvalue weighted by Gasteiger charge is 2.18. The summed E-state index contributed by atoms with van der Waals surface area (Å²) in [5.74, 6) is 1.88. The van der Waals surface area contributed by atoms with Crippen molar-refractivity contribution in [3.05, 3.63) is 65.4 Å². The van der Waals surface area contributed by atoms with Gasteiger partial charge in [0.1, 0.15) is 17.2 Å². The first-order valence-electron chi connectivity index (χ1n) is 9.09. The molecule has 0 radical (unpaired) electrons. The normalized spacial score (nSPS) is 10.6. The Hall–Kier alpha value is -3.28. The third kappa shape index (κ3) is 4.17. The Kier molecular flexibility index (Phi) is 5.99. The maximum Gasteiger partial charge on any atom is 0.254 e. The number of methoxy groups -OCH3 is 2. The smallest absolute Gasteiger partial charge is 0.254 e. The van der Waals surface area contributed by atoms with Crippen molar-refractivity contribution in [2.75, 3.05) is 20.8 Å². The van der Waals surface area contributed by atoms with Gasteiger partial charge < -0.3 is 18.9 Å². The molecule has 3 rings (SSSR count). The molecule has 28 heavy (non-hydrogen) atoms. The molecule has 0 spiro atoms. The molecule has 0 unspecified atom stereocenters. The number of aromatic nitrogens is 1. The third-order valence-electron chi connectivity index (χ3n) is 4.55. The van der Waals surface area contributed by atoms with E-state index in [9.17, 15) is 4.79 Å². The minimum absolute atomic E-state index is 0.0361. The number of hydrogen-bond acceptors (Lipinski definition) is 5. The summed E-state index contributed by atoms with van der Waals surface area (Å²) in [6.45, 7) is 4.87. The summed E-state index contributed by atoms with van der Waals surface area (Å²) in [6.07, 6.45) is 0. The second-order valence-electron chi connectivity index (χ2n) is 6.43. The van der Waals surface area contributed by atoms with Gasteiger partial charge in [0, 0.05) is 18.2 Å². The van der Waals surface area contributed by atoms with E-state index in [1.54, 1.807) is 19.1 Å². The summed E-state index contributed by atoms with van der Waals surface area (Å²) >= 11 is 0. The van der Waals surface area contributed by atoms with Crippen LogP contribution < -0.4 is 9.47 Å². The van der Waals surface area contributed by atoms with Crippen molar-refractivity contribution in [1.82, 2.24) is 10.1 Å². The van der Waals surface area contributed by atoms with Gasteiger partial charge in [-0.15, -0.1) is 0 Å². The van der Waals surface area contributed by atoms with Gasteiger partial charge in [-0.2, -0.15) is 0 Å². The van der Waals surface area contributed by atoms with E-state index in [-0.39, 0.29) is 5.91 Å². The van der Waals surface area contributed by atoms with Crippen LogP contribution in [0.5, 0.6) is 11.5 Å². The zero-order chi connectivity index (χ0) is 20.1. The molecule has 0 fully saturated rings. The molecule has 0 N–H and O–H groups in total. The van der Waals surface area contributed by atoms with Gasteiger partial charge in [-0.1, -0.05) is 22.9 Å². The van der Waals surface area contributed by atoms with Crippen LogP contribution in [-0.2, 0) is 6.54 Å². The number of hydrogen-bond donors (Lipinski definition) is 0. The van der Waals surface area contributed by atoms with Gasteiger partial charge in [-0.3, -0.25) is 4.79 Å². The van der Waals surface area contributed by atoms with E-state index in [2.05, 4.69) is 5.16 Å². The van der Waals surface area contributed by atoms with Crippen molar-refractivity contribution in [2.45, 2.75) is 20.4 Å². The van der Waals surface area contributed by atoms with E-state index in [0.29, 0.717) is 41.6 Å². The zero-order valence-electron chi connectivity index (χ0n) is 16.6. The van der Waals surface area contributed by atoms with Gasteiger partial charge in [-0.25, -0.2) is 0 Å². The minimum Gasteiger partial charge on any atom is -0.497 e. The van der Waals surface area contributed by atoms with Crippen LogP contribution in [0.3, 0.4) is 0 Å². The van der Waals surface area contributed by atoms with Crippen LogP contribution in [0.4, 0.5) is 0 Å². The molecule has 0 aliphatic rings. The quantitative estimate of drug-likeness (QED) is 0.610. The van der Waals surface area contributed by atoms with Gasteiger partial charge in [0.25, 0.3) is 5.91 Å². The standard InChI is InChI=1S/C22H24N2O4/c1-5-24(22(25)16-8-6-15(2)7-9-16)14-17-12-21(28-23-17)19-13-18(26-3)10-11-20(19)27-4/h6-13H,5,14H2,1-4H3. The van der Waals surface area contributed by atoms with Crippen LogP contribution in [-0.4, -0.2) is 36.7 Å². The molecule has 6 heteroatoms. The second-order valence-corrected chi connectivity index (χ2v) is 6.43. The second kappa shape index (κ2) is 8.61. The first-order valence-corrected chi connectivity index (χ1v) is 9.09. The number of aryl methyl sites for hydroxylation is 1. The maximum atomic E-state index is 12.8. The zero-order valence-corrected chi connectivity index (χ0v) is 16.6. The highest BCUT2D eigenvalue weighted by Crippen LogP contribution is 2.34. The summed E-state index contributed by atoms with van der Waals surface area (Å²) in [5, 5.41) is 4.14. The Bertz CT molecular complexity index is 947. The number of benzene rings is 2. The summed E-state index contributed by atoms with van der Waals surface area (Å²) in [5.41, 5.74) is 3.19. The van der Waals surface area contributed by atoms with Gasteiger partial charge in [0.15, 0.2) is 5.76 Å². The van der Waals surface area contributed by atoms with Crippen molar-refractivity contribution in [1.29, 1.82) is 0 Å². The minimum atomic E-state index is -0.0361. The molecule has 1 heterocycles. The Morgan fingerprint density at radius 2 is 1.82 bits per heavy atom. The maximum absolute atomic E-state index is 12.8. The van der Waals surface area contributed by atoms with Crippen LogP contribution in [0.1, 0.15) is 28.5 Å². The van der Waals surface area contributed by atoms with Crippen LogP contribution in [0.15, 0.2) is 53.1 Å². The molecule has 0 bridgehead atoms. The fraction of sp³-hybridized carbons (Fsp3) is 0.273. The SMILES string of the molecule is CCN(Cc1cc(-c2cc(OC)ccc2OC)on1)C(=O)c1ccc(C)cc1. The summed E-state index contributed by atoms with van der Waals surface area (Å²) < 4.78 is 16.2. The third-order valence-corrected chi connectivity index (χ3v) is 4.55. The van der Waals surface area contributed by atoms with Crippen molar-refractivity contribution in [2.24, 2.45) is 0 Å². The van der Waals surface area contributed by atoms with E-state index in [1.165, 1.54) is 0 Å². The largest absolute Gasteiger partial charge is 0.497 e. The highest BCUT2D eigenvalue weighted by atomic mass is 16.5. The van der Waals surface area contributed by atoms with Gasteiger partial charge >= 0.3 is 0 Å². The lowest BCUT2D eigenvalue weighted by molar-refractivity contribution is 0.0749. The van der Waals surface area contributed by atoms with Gasteiger partial charge in [0.05, 0.1) is 26.3 Å². The Morgan fingerprint density at radius 1 is 1.07 bits per heavy atom. The molecule has 6 nitrogen and oxygen atoms in total. The summed E-state index contributed by atoms with van der Waals surface area (Å²) in [7, 11) is 3.20. The molecule has 0 saturated heterocycles. The monoisotopic (exact) mass is 380 g/mol. The van der Waals surface area contributed by atoms with Crippen LogP contribution in [0.2, 0.25) is 0 Å². The number of rotatable bonds is 7. The van der Waals surface area contributed by atoms with Crippen molar-refractivity contribution in [3.8, 4) is 22.8 Å². The van der Waals surface area contributed by atoms with E-state index in [4.69, 9.17) is 14.0 Å². The number of amides is 1. The predicted molar refractivity (Wildman–Crippen MR) is 107 cm³/mol. The van der Waals surface area contributed by atoms with Crippen molar-refractivity contribution >= 4 is 5.91 Å². The lowest BCUT2D eigenvalue weighted by atomic mass is 10.1. The van der Waals surface area contributed by atoms with Crippen LogP contribution in [0.25, 0.3) is 11.3 Å². The molecule has 1 amide bonds. The van der Waals surface area contributed by atoms with Crippen molar-refractivity contribution < 1.29 is 18.8 Å². The lowest BCUT2D eigenvalue weighted by Crippen LogP contribution is -2.30. The van der Waals surface area contributed by atoms with Crippen LogP contribution >= 0.6 is 0 Å². The summed E-state index contributed by atoms with van der Waals surface area (Å²) in [6, 6.07) is 14.8. The Labute approximate surface area is 164 Å². The van der Waals surface area contributed by atoms with E-state index in [0.717, 1.165) is 11.1 Å². The predicted octanol–water partition coefficient (Wildman–Crippen LogP) is 4.33. The molecule has 0 saturated carbocycles. The highest BCUT2D eigenvalue weighted by molar-refractivity contribution is 5.94. The van der Waals surface area contributed by atoms with Crippen LogP contribution in [0, 0.1) is 6.92 Å². The number of carbonyl (C=O) groups excluding carboxylic acids is 1. The molecule has 0 aliphatic carbocycles. The van der Waals surface area contributed by atoms with E-state index in [1.807, 2.05) is 62.4 Å². The fourth-order valence-corrected chi connectivity index (χ4v) is 2.92. The topological polar surface area (TPSA) is 64.8 Å². The lowest BCUT2D eigenvalue weighted by Gasteiger charge is -2.19. The number of ether oxygens (including phenoxy) is 2. The molecule has 0 aliphatic heterocycles. The first kappa shape index (κ1) is 19.5. The number of carbonyl (C=O) groups is 1. The molecule has 1 aromatic heterocycles. The average Bonchev–Trinajstić information content (AvgIpc) is 3.20. The van der Waals surface area contributed by atoms with Crippen molar-refractivity contribution in [3.63, 3.8) is 0 Å². The molecule has 146 valence electrons. The molecule has 3 aromatic rings. The molecular formula is C22H24N2O4. The molecule has 2 aromatic carbocycles. The van der Waals surface area contributed by atoms with E-state index < -0.39 is 0 Å². The molecular weight excluding hydrogens is 356 g/mol. The number of nitrogens with zero attached hydrogens (tertiary/aromatic N) is 2. The molecule has 0 atom stereocenters. The Morgan fingerprint density at radius 3 is 2.46 bits per heavy atom. The fourth-order valence-electron chi connectivity index (χ4n) is 2.92. The Balaban J connectivity index is 1.81. The summed E-state index contributed by atoms with van der Waals surface area (Å²) in [4.78, 5) is 14.5. The first-order chi connectivity index (χ1) is 13.5. The average molecular weight is 380 g/mol. The van der Waals surface area contributed by atoms with Gasteiger partial charge in [-0.05, 0) is 44.2 Å². The van der Waals surface area contributed by atoms with E-state index >= 15 is 0 Å².